The number of aromatic nitrogens is 1. The molecule has 0 radical (unpaired) electrons. The number of carbonyl (C=O) groups is 3. The lowest BCUT2D eigenvalue weighted by atomic mass is 10.0. The largest absolute Gasteiger partial charge is 0.465 e. The van der Waals surface area contributed by atoms with Crippen molar-refractivity contribution in [2.75, 3.05) is 11.9 Å². The molecular formula is C27H21N3O5. The molecule has 2 aromatic heterocycles. The lowest BCUT2D eigenvalue weighted by molar-refractivity contribution is -0.119. The number of nitrogens with one attached hydrogen (secondary N) is 1. The molecule has 3 N–H and O–H groups in total. The van der Waals surface area contributed by atoms with Gasteiger partial charge in [0, 0.05) is 16.6 Å². The molecular weight excluding hydrogens is 446 g/mol. The zero-order valence-electron chi connectivity index (χ0n) is 18.6. The van der Waals surface area contributed by atoms with Gasteiger partial charge in [0.05, 0.1) is 23.0 Å². The number of ether oxygens (including phenoxy) is 1. The molecule has 1 aliphatic carbocycles. The molecule has 174 valence electrons. The molecule has 35 heavy (non-hydrogen) atoms. The Bertz CT molecular complexity index is 1470. The van der Waals surface area contributed by atoms with Gasteiger partial charge in [-0.15, -0.1) is 0 Å². The van der Waals surface area contributed by atoms with E-state index in [9.17, 15) is 14.4 Å². The van der Waals surface area contributed by atoms with Crippen molar-refractivity contribution in [2.45, 2.75) is 12.8 Å². The van der Waals surface area contributed by atoms with Crippen molar-refractivity contribution >= 4 is 46.0 Å². The van der Waals surface area contributed by atoms with Crippen LogP contribution in [0.3, 0.4) is 0 Å². The first kappa shape index (κ1) is 22.1. The standard InChI is InChI=1S/C27H21N3O5/c28-26(32)16-7-10-18(11-8-16)29-23(31)15-35-27(33)24-20-5-1-2-6-22(20)30-25-17(9-12-21(24)25)14-19-4-3-13-34-19/h1-8,10-11,13-14H,9,12,15H2,(H2,28,32)(H,29,31)/b17-14+. The molecule has 0 unspecified atom stereocenters. The number of anilines is 1. The average Bonchev–Trinajstić information content (AvgIpc) is 3.52. The number of nitrogens with two attached hydrogens (primary N) is 1. The third-order valence-corrected chi connectivity index (χ3v) is 5.79. The maximum Gasteiger partial charge on any atom is 0.339 e. The van der Waals surface area contributed by atoms with Gasteiger partial charge in [0.1, 0.15) is 5.76 Å². The fourth-order valence-electron chi connectivity index (χ4n) is 4.18. The minimum atomic E-state index is -0.585. The predicted molar refractivity (Wildman–Crippen MR) is 131 cm³/mol. The summed E-state index contributed by atoms with van der Waals surface area (Å²) >= 11 is 0. The number of rotatable bonds is 6. The van der Waals surface area contributed by atoms with E-state index in [0.29, 0.717) is 46.3 Å². The highest BCUT2D eigenvalue weighted by molar-refractivity contribution is 6.08. The Balaban J connectivity index is 1.38. The Morgan fingerprint density at radius 1 is 1.03 bits per heavy atom. The van der Waals surface area contributed by atoms with E-state index in [2.05, 4.69) is 5.32 Å². The fourth-order valence-corrected chi connectivity index (χ4v) is 4.18. The van der Waals surface area contributed by atoms with Crippen molar-refractivity contribution in [3.63, 3.8) is 0 Å². The van der Waals surface area contributed by atoms with Crippen LogP contribution in [0.4, 0.5) is 5.69 Å². The van der Waals surface area contributed by atoms with Crippen molar-refractivity contribution < 1.29 is 23.5 Å². The van der Waals surface area contributed by atoms with Gasteiger partial charge in [0.2, 0.25) is 5.91 Å². The van der Waals surface area contributed by atoms with Crippen LogP contribution < -0.4 is 11.1 Å². The molecule has 0 spiro atoms. The zero-order valence-corrected chi connectivity index (χ0v) is 18.6. The second kappa shape index (κ2) is 9.26. The molecule has 2 amide bonds. The van der Waals surface area contributed by atoms with Crippen LogP contribution >= 0.6 is 0 Å². The van der Waals surface area contributed by atoms with E-state index >= 15 is 0 Å². The van der Waals surface area contributed by atoms with Crippen LogP contribution in [-0.2, 0) is 16.0 Å². The van der Waals surface area contributed by atoms with Crippen LogP contribution in [0, 0.1) is 0 Å². The van der Waals surface area contributed by atoms with Crippen molar-refractivity contribution in [3.05, 3.63) is 95.1 Å². The second-order valence-electron chi connectivity index (χ2n) is 8.08. The highest BCUT2D eigenvalue weighted by Gasteiger charge is 2.28. The summed E-state index contributed by atoms with van der Waals surface area (Å²) in [5.74, 6) is -0.930. The molecule has 0 saturated carbocycles. The van der Waals surface area contributed by atoms with Crippen LogP contribution in [0.1, 0.15) is 44.2 Å². The molecule has 2 aromatic carbocycles. The third-order valence-electron chi connectivity index (χ3n) is 5.79. The maximum absolute atomic E-state index is 13.2. The van der Waals surface area contributed by atoms with E-state index < -0.39 is 24.4 Å². The summed E-state index contributed by atoms with van der Waals surface area (Å²) in [7, 11) is 0. The Morgan fingerprint density at radius 3 is 2.57 bits per heavy atom. The number of nitrogens with zero attached hydrogens (tertiary/aromatic N) is 1. The number of amides is 2. The summed E-state index contributed by atoms with van der Waals surface area (Å²) in [5.41, 5.74) is 9.62. The first-order valence-corrected chi connectivity index (χ1v) is 11.0. The monoisotopic (exact) mass is 467 g/mol. The molecule has 2 heterocycles. The number of esters is 1. The highest BCUT2D eigenvalue weighted by atomic mass is 16.5. The van der Waals surface area contributed by atoms with E-state index in [4.69, 9.17) is 19.9 Å². The Kier molecular flexibility index (Phi) is 5.85. The number of fused-ring (bicyclic) bond motifs is 2. The molecule has 8 heteroatoms. The Morgan fingerprint density at radius 2 is 1.83 bits per heavy atom. The first-order chi connectivity index (χ1) is 17.0. The number of pyridine rings is 1. The number of primary amides is 1. The van der Waals surface area contributed by atoms with Crippen LogP contribution in [0.5, 0.6) is 0 Å². The lowest BCUT2D eigenvalue weighted by Gasteiger charge is -2.12. The van der Waals surface area contributed by atoms with E-state index in [0.717, 1.165) is 16.8 Å². The molecule has 0 saturated heterocycles. The SMILES string of the molecule is NC(=O)c1ccc(NC(=O)COC(=O)c2c3c(nc4ccccc24)/C(=C/c2ccco2)CC3)cc1. The van der Waals surface area contributed by atoms with Crippen LogP contribution in [-0.4, -0.2) is 29.4 Å². The van der Waals surface area contributed by atoms with Gasteiger partial charge >= 0.3 is 5.97 Å². The number of para-hydroxylation sites is 1. The second-order valence-corrected chi connectivity index (χ2v) is 8.08. The summed E-state index contributed by atoms with van der Waals surface area (Å²) in [5, 5.41) is 3.31. The Hall–Kier alpha value is -4.72. The van der Waals surface area contributed by atoms with E-state index in [1.54, 1.807) is 18.4 Å². The molecule has 4 aromatic rings. The number of hydrogen-bond donors (Lipinski definition) is 2. The fraction of sp³-hybridized carbons (Fsp3) is 0.111. The number of carbonyl (C=O) groups excluding carboxylic acids is 3. The minimum Gasteiger partial charge on any atom is -0.465 e. The normalized spacial score (nSPS) is 13.5. The number of hydrogen-bond acceptors (Lipinski definition) is 6. The summed E-state index contributed by atoms with van der Waals surface area (Å²) in [4.78, 5) is 41.6. The van der Waals surface area contributed by atoms with E-state index in [1.807, 2.05) is 42.5 Å². The lowest BCUT2D eigenvalue weighted by Crippen LogP contribution is -2.22. The van der Waals surface area contributed by atoms with E-state index in [1.165, 1.54) is 12.1 Å². The van der Waals surface area contributed by atoms with Gasteiger partial charge in [-0.05, 0) is 72.5 Å². The summed E-state index contributed by atoms with van der Waals surface area (Å²) in [6, 6.07) is 17.2. The van der Waals surface area contributed by atoms with E-state index in [-0.39, 0.29) is 0 Å². The predicted octanol–water partition coefficient (Wildman–Crippen LogP) is 4.21. The summed E-state index contributed by atoms with van der Waals surface area (Å²) in [6.07, 6.45) is 4.87. The van der Waals surface area contributed by atoms with Gasteiger partial charge in [0.25, 0.3) is 5.91 Å². The van der Waals surface area contributed by atoms with Crippen molar-refractivity contribution in [1.82, 2.24) is 4.98 Å². The van der Waals surface area contributed by atoms with Crippen molar-refractivity contribution in [3.8, 4) is 0 Å². The molecule has 1 aliphatic rings. The first-order valence-electron chi connectivity index (χ1n) is 11.0. The van der Waals surface area contributed by atoms with Gasteiger partial charge in [-0.1, -0.05) is 18.2 Å². The topological polar surface area (TPSA) is 125 Å². The minimum absolute atomic E-state index is 0.327. The molecule has 0 aliphatic heterocycles. The molecule has 8 nitrogen and oxygen atoms in total. The third kappa shape index (κ3) is 4.54. The van der Waals surface area contributed by atoms with Gasteiger partial charge in [0.15, 0.2) is 6.61 Å². The van der Waals surface area contributed by atoms with Gasteiger partial charge in [-0.3, -0.25) is 9.59 Å². The molecule has 0 bridgehead atoms. The molecule has 0 atom stereocenters. The van der Waals surface area contributed by atoms with Crippen molar-refractivity contribution in [2.24, 2.45) is 5.73 Å². The number of benzene rings is 2. The van der Waals surface area contributed by atoms with Crippen molar-refractivity contribution in [1.29, 1.82) is 0 Å². The molecule has 5 rings (SSSR count). The summed E-state index contributed by atoms with van der Waals surface area (Å²) in [6.45, 7) is -0.461. The van der Waals surface area contributed by atoms with Crippen LogP contribution in [0.25, 0.3) is 22.6 Å². The molecule has 0 fully saturated rings. The average molecular weight is 467 g/mol. The van der Waals surface area contributed by atoms with Crippen LogP contribution in [0.2, 0.25) is 0 Å². The van der Waals surface area contributed by atoms with Crippen LogP contribution in [0.15, 0.2) is 71.3 Å². The summed E-state index contributed by atoms with van der Waals surface area (Å²) < 4.78 is 10.9. The number of furan rings is 1. The smallest absolute Gasteiger partial charge is 0.339 e. The maximum atomic E-state index is 13.2. The van der Waals surface area contributed by atoms with Gasteiger partial charge in [-0.2, -0.15) is 0 Å². The van der Waals surface area contributed by atoms with Gasteiger partial charge < -0.3 is 20.2 Å². The number of allylic oxidation sites excluding steroid dienone is 1. The quantitative estimate of drug-likeness (QED) is 0.409. The van der Waals surface area contributed by atoms with Gasteiger partial charge in [-0.25, -0.2) is 9.78 Å². The zero-order chi connectivity index (χ0) is 24.4. The Labute approximate surface area is 200 Å². The highest BCUT2D eigenvalue weighted by Crippen LogP contribution is 2.37.